The number of para-hydroxylation sites is 1. The van der Waals surface area contributed by atoms with Crippen molar-refractivity contribution < 1.29 is 14.4 Å². The Morgan fingerprint density at radius 2 is 1.77 bits per heavy atom. The van der Waals surface area contributed by atoms with Crippen molar-refractivity contribution >= 4 is 57.9 Å². The summed E-state index contributed by atoms with van der Waals surface area (Å²) in [7, 11) is 0. The van der Waals surface area contributed by atoms with Gasteiger partial charge in [0.2, 0.25) is 5.91 Å². The van der Waals surface area contributed by atoms with Gasteiger partial charge in [-0.25, -0.2) is 0 Å². The average molecular weight is 551 g/mol. The molecule has 4 atom stereocenters. The standard InChI is InChI=1S/C32H23ClN2O3S/c1-18-8-14-24-20(17-18)11-15-26-32(22-5-2-3-6-23(22)34-31(32)38)27(30(37)25-7-4-16-39-25)28(35(24)26)29(36)19-9-12-21(33)13-10-19/h2-17,26-28H,1H3,(H,34,38)/t26-,27-,28-,32+/m0/s1. The molecule has 1 fully saturated rings. The normalized spacial score (nSPS) is 24.3. The lowest BCUT2D eigenvalue weighted by Crippen LogP contribution is -2.51. The zero-order valence-electron chi connectivity index (χ0n) is 20.9. The summed E-state index contributed by atoms with van der Waals surface area (Å²) in [5.74, 6) is -1.66. The molecule has 1 saturated heterocycles. The Kier molecular flexibility index (Phi) is 5.41. The van der Waals surface area contributed by atoms with E-state index >= 15 is 0 Å². The van der Waals surface area contributed by atoms with Crippen molar-refractivity contribution in [1.29, 1.82) is 0 Å². The summed E-state index contributed by atoms with van der Waals surface area (Å²) in [4.78, 5) is 45.9. The van der Waals surface area contributed by atoms with Crippen LogP contribution in [0.15, 0.2) is 90.3 Å². The Balaban J connectivity index is 1.54. The van der Waals surface area contributed by atoms with Gasteiger partial charge < -0.3 is 10.2 Å². The molecule has 7 heteroatoms. The SMILES string of the molecule is Cc1ccc2c(c1)C=C[C@@H]1N2[C@H](C(=O)c2ccc(Cl)cc2)[C@@H](C(=O)c2cccs2)[C@]12C(=O)Nc1ccccc12. The van der Waals surface area contributed by atoms with Gasteiger partial charge in [0.15, 0.2) is 11.6 Å². The summed E-state index contributed by atoms with van der Waals surface area (Å²) in [6, 6.07) is 22.4. The zero-order valence-corrected chi connectivity index (χ0v) is 22.5. The van der Waals surface area contributed by atoms with Crippen molar-refractivity contribution in [2.75, 3.05) is 10.2 Å². The van der Waals surface area contributed by atoms with E-state index in [1.165, 1.54) is 11.3 Å². The van der Waals surface area contributed by atoms with E-state index < -0.39 is 23.4 Å². The Hall–Kier alpha value is -4.00. The number of anilines is 2. The Morgan fingerprint density at radius 1 is 0.974 bits per heavy atom. The third-order valence-corrected chi connectivity index (χ3v) is 9.37. The lowest BCUT2D eigenvalue weighted by molar-refractivity contribution is -0.121. The molecule has 3 aromatic carbocycles. The number of nitrogens with one attached hydrogen (secondary N) is 1. The zero-order chi connectivity index (χ0) is 26.9. The summed E-state index contributed by atoms with van der Waals surface area (Å²) in [6.07, 6.45) is 4.01. The number of thiophene rings is 1. The van der Waals surface area contributed by atoms with E-state index in [4.69, 9.17) is 11.6 Å². The molecule has 3 aliphatic heterocycles. The maximum Gasteiger partial charge on any atom is 0.238 e. The van der Waals surface area contributed by atoms with Crippen molar-refractivity contribution in [3.8, 4) is 0 Å². The van der Waals surface area contributed by atoms with Crippen LogP contribution < -0.4 is 10.2 Å². The lowest BCUT2D eigenvalue weighted by atomic mass is 9.64. The predicted molar refractivity (Wildman–Crippen MR) is 155 cm³/mol. The average Bonchev–Trinajstić information content (AvgIpc) is 3.65. The number of carbonyl (C=O) groups is 3. The molecule has 0 saturated carbocycles. The quantitative estimate of drug-likeness (QED) is 0.292. The number of ketones is 2. The van der Waals surface area contributed by atoms with Crippen LogP contribution in [0, 0.1) is 12.8 Å². The monoisotopic (exact) mass is 550 g/mol. The van der Waals surface area contributed by atoms with Crippen LogP contribution in [0.5, 0.6) is 0 Å². The van der Waals surface area contributed by atoms with E-state index in [1.807, 2.05) is 71.8 Å². The molecule has 0 radical (unpaired) electrons. The summed E-state index contributed by atoms with van der Waals surface area (Å²) >= 11 is 7.48. The summed E-state index contributed by atoms with van der Waals surface area (Å²) in [5.41, 5.74) is 3.43. The summed E-state index contributed by atoms with van der Waals surface area (Å²) < 4.78 is 0. The molecule has 0 unspecified atom stereocenters. The third-order valence-electron chi connectivity index (χ3n) is 8.23. The van der Waals surface area contributed by atoms with E-state index in [9.17, 15) is 14.4 Å². The van der Waals surface area contributed by atoms with Crippen molar-refractivity contribution in [3.05, 3.63) is 122 Å². The molecule has 192 valence electrons. The fourth-order valence-corrected chi connectivity index (χ4v) is 7.49. The van der Waals surface area contributed by atoms with E-state index in [0.29, 0.717) is 21.2 Å². The number of hydrogen-bond acceptors (Lipinski definition) is 5. The summed E-state index contributed by atoms with van der Waals surface area (Å²) in [6.45, 7) is 2.02. The molecule has 0 bridgehead atoms. The number of amides is 1. The number of aryl methyl sites for hydroxylation is 1. The molecular weight excluding hydrogens is 528 g/mol. The molecule has 7 rings (SSSR count). The Bertz CT molecular complexity index is 1690. The number of hydrogen-bond donors (Lipinski definition) is 1. The van der Waals surface area contributed by atoms with Crippen LogP contribution in [-0.2, 0) is 10.2 Å². The lowest BCUT2D eigenvalue weighted by Gasteiger charge is -2.37. The van der Waals surface area contributed by atoms with E-state index in [2.05, 4.69) is 11.4 Å². The van der Waals surface area contributed by atoms with Gasteiger partial charge in [-0.15, -0.1) is 11.3 Å². The minimum Gasteiger partial charge on any atom is -0.352 e. The first-order valence-corrected chi connectivity index (χ1v) is 14.0. The van der Waals surface area contributed by atoms with Crippen molar-refractivity contribution in [1.82, 2.24) is 0 Å². The van der Waals surface area contributed by atoms with Gasteiger partial charge in [-0.05, 0) is 72.0 Å². The fourth-order valence-electron chi connectivity index (χ4n) is 6.66. The van der Waals surface area contributed by atoms with Crippen LogP contribution in [0.3, 0.4) is 0 Å². The highest BCUT2D eigenvalue weighted by atomic mass is 35.5. The number of halogens is 1. The van der Waals surface area contributed by atoms with Crippen LogP contribution in [0.1, 0.15) is 36.7 Å². The van der Waals surface area contributed by atoms with Gasteiger partial charge in [-0.3, -0.25) is 14.4 Å². The highest BCUT2D eigenvalue weighted by Gasteiger charge is 2.70. The molecule has 1 N–H and O–H groups in total. The predicted octanol–water partition coefficient (Wildman–Crippen LogP) is 6.57. The topological polar surface area (TPSA) is 66.5 Å². The molecular formula is C32H23ClN2O3S. The number of carbonyl (C=O) groups excluding carboxylic acids is 3. The molecule has 1 amide bonds. The van der Waals surface area contributed by atoms with Crippen molar-refractivity contribution in [3.63, 3.8) is 0 Å². The highest BCUT2D eigenvalue weighted by molar-refractivity contribution is 7.12. The minimum absolute atomic E-state index is 0.208. The third kappa shape index (κ3) is 3.35. The van der Waals surface area contributed by atoms with Gasteiger partial charge in [0.1, 0.15) is 11.5 Å². The van der Waals surface area contributed by atoms with Crippen LogP contribution in [0.25, 0.3) is 6.08 Å². The molecule has 39 heavy (non-hydrogen) atoms. The number of Topliss-reactive ketones (excluding diaryl/α,β-unsaturated/α-hetero) is 2. The van der Waals surface area contributed by atoms with Crippen molar-refractivity contribution in [2.24, 2.45) is 5.92 Å². The molecule has 1 aromatic heterocycles. The van der Waals surface area contributed by atoms with E-state index in [-0.39, 0.29) is 17.5 Å². The maximum atomic E-state index is 14.5. The molecule has 0 aliphatic carbocycles. The van der Waals surface area contributed by atoms with Gasteiger partial charge in [0, 0.05) is 22.0 Å². The largest absolute Gasteiger partial charge is 0.352 e. The summed E-state index contributed by atoms with van der Waals surface area (Å²) in [5, 5.41) is 5.42. The van der Waals surface area contributed by atoms with Gasteiger partial charge >= 0.3 is 0 Å². The second-order valence-corrected chi connectivity index (χ2v) is 11.7. The number of benzene rings is 3. The Labute approximate surface area is 234 Å². The van der Waals surface area contributed by atoms with Crippen LogP contribution in [0.4, 0.5) is 11.4 Å². The fraction of sp³-hybridized carbons (Fsp3) is 0.156. The van der Waals surface area contributed by atoms with Gasteiger partial charge in [-0.1, -0.05) is 59.6 Å². The molecule has 5 nitrogen and oxygen atoms in total. The molecule has 4 heterocycles. The molecule has 1 spiro atoms. The first-order chi connectivity index (χ1) is 18.9. The smallest absolute Gasteiger partial charge is 0.238 e. The highest BCUT2D eigenvalue weighted by Crippen LogP contribution is 2.58. The van der Waals surface area contributed by atoms with Gasteiger partial charge in [0.05, 0.1) is 16.8 Å². The van der Waals surface area contributed by atoms with Crippen LogP contribution in [-0.4, -0.2) is 29.6 Å². The first-order valence-electron chi connectivity index (χ1n) is 12.8. The minimum atomic E-state index is -1.30. The number of nitrogens with zero attached hydrogens (tertiary/aromatic N) is 1. The first kappa shape index (κ1) is 24.1. The van der Waals surface area contributed by atoms with Gasteiger partial charge in [-0.2, -0.15) is 0 Å². The molecule has 4 aromatic rings. The maximum absolute atomic E-state index is 14.5. The number of rotatable bonds is 4. The second kappa shape index (κ2) is 8.76. The van der Waals surface area contributed by atoms with Crippen molar-refractivity contribution in [2.45, 2.75) is 24.4 Å². The van der Waals surface area contributed by atoms with Gasteiger partial charge in [0.25, 0.3) is 0 Å². The van der Waals surface area contributed by atoms with E-state index in [1.54, 1.807) is 30.3 Å². The molecule has 3 aliphatic rings. The van der Waals surface area contributed by atoms with E-state index in [0.717, 1.165) is 22.4 Å². The second-order valence-electron chi connectivity index (χ2n) is 10.3. The Morgan fingerprint density at radius 3 is 2.54 bits per heavy atom. The van der Waals surface area contributed by atoms with Crippen LogP contribution >= 0.6 is 22.9 Å². The number of fused-ring (bicyclic) bond motifs is 6. The van der Waals surface area contributed by atoms with Crippen LogP contribution in [0.2, 0.25) is 5.02 Å².